The van der Waals surface area contributed by atoms with Gasteiger partial charge in [-0.3, -0.25) is 9.78 Å². The lowest BCUT2D eigenvalue weighted by molar-refractivity contribution is 0.102. The number of hydrogen-bond acceptors (Lipinski definition) is 8. The molecule has 9 nitrogen and oxygen atoms in total. The number of ether oxygens (including phenoxy) is 2. The summed E-state index contributed by atoms with van der Waals surface area (Å²) in [4.78, 5) is 32.4. The Morgan fingerprint density at radius 3 is 2.64 bits per heavy atom. The van der Waals surface area contributed by atoms with Crippen LogP contribution in [0, 0.1) is 6.92 Å². The van der Waals surface area contributed by atoms with E-state index in [2.05, 4.69) is 30.2 Å². The second-order valence-corrected chi connectivity index (χ2v) is 8.10. The number of aryl methyl sites for hydroxylation is 1. The summed E-state index contributed by atoms with van der Waals surface area (Å²) in [5.41, 5.74) is 1.77. The number of nitrogens with one attached hydrogen (secondary N) is 1. The van der Waals surface area contributed by atoms with E-state index in [0.29, 0.717) is 22.5 Å². The molecule has 1 saturated heterocycles. The van der Waals surface area contributed by atoms with Crippen molar-refractivity contribution in [1.29, 1.82) is 0 Å². The van der Waals surface area contributed by atoms with E-state index < -0.39 is 5.91 Å². The molecule has 4 rings (SSSR count). The van der Waals surface area contributed by atoms with Gasteiger partial charge in [0, 0.05) is 19.3 Å². The lowest BCUT2D eigenvalue weighted by Crippen LogP contribution is -2.31. The number of carbonyl (C=O) groups excluding carboxylic acids is 1. The summed E-state index contributed by atoms with van der Waals surface area (Å²) in [5.74, 6) is 1.22. The maximum Gasteiger partial charge on any atom is 0.263 e. The van der Waals surface area contributed by atoms with Crippen molar-refractivity contribution in [3.05, 3.63) is 58.6 Å². The van der Waals surface area contributed by atoms with Gasteiger partial charge >= 0.3 is 0 Å². The second kappa shape index (κ2) is 10.4. The van der Waals surface area contributed by atoms with Gasteiger partial charge in [-0.15, -0.1) is 0 Å². The third kappa shape index (κ3) is 5.67. The van der Waals surface area contributed by atoms with E-state index in [1.165, 1.54) is 18.8 Å². The molecule has 0 saturated carbocycles. The molecular formula is C23H25ClN6O3. The summed E-state index contributed by atoms with van der Waals surface area (Å²) in [6.07, 6.45) is 7.92. The fourth-order valence-corrected chi connectivity index (χ4v) is 3.74. The lowest BCUT2D eigenvalue weighted by atomic mass is 10.1. The topological polar surface area (TPSA) is 102 Å². The Kier molecular flexibility index (Phi) is 7.19. The highest BCUT2D eigenvalue weighted by molar-refractivity contribution is 6.32. The van der Waals surface area contributed by atoms with Gasteiger partial charge in [0.2, 0.25) is 11.8 Å². The molecule has 0 spiro atoms. The molecule has 0 aliphatic carbocycles. The minimum atomic E-state index is -0.430. The molecule has 33 heavy (non-hydrogen) atoms. The van der Waals surface area contributed by atoms with Crippen LogP contribution in [0.25, 0.3) is 0 Å². The number of rotatable bonds is 7. The smallest absolute Gasteiger partial charge is 0.263 e. The highest BCUT2D eigenvalue weighted by atomic mass is 35.5. The van der Waals surface area contributed by atoms with Crippen LogP contribution in [0.1, 0.15) is 40.9 Å². The number of nitrogens with zero attached hydrogens (tertiary/aromatic N) is 5. The first-order valence-corrected chi connectivity index (χ1v) is 11.1. The first-order valence-electron chi connectivity index (χ1n) is 10.7. The maximum absolute atomic E-state index is 13.0. The second-order valence-electron chi connectivity index (χ2n) is 7.69. The van der Waals surface area contributed by atoms with Crippen molar-refractivity contribution in [2.45, 2.75) is 32.8 Å². The van der Waals surface area contributed by atoms with Crippen LogP contribution < -0.4 is 19.7 Å². The largest absolute Gasteiger partial charge is 0.495 e. The van der Waals surface area contributed by atoms with Crippen molar-refractivity contribution in [3.63, 3.8) is 0 Å². The fraction of sp³-hybridized carbons (Fsp3) is 0.348. The molecule has 2 aromatic heterocycles. The zero-order valence-electron chi connectivity index (χ0n) is 18.5. The number of anilines is 2. The number of methoxy groups -OCH3 is 1. The van der Waals surface area contributed by atoms with E-state index in [4.69, 9.17) is 21.1 Å². The Labute approximate surface area is 197 Å². The number of amides is 1. The van der Waals surface area contributed by atoms with Crippen molar-refractivity contribution in [1.82, 2.24) is 19.9 Å². The average Bonchev–Trinajstić information content (AvgIpc) is 2.84. The van der Waals surface area contributed by atoms with Crippen LogP contribution in [0.3, 0.4) is 0 Å². The van der Waals surface area contributed by atoms with Crippen LogP contribution in [0.15, 0.2) is 36.8 Å². The van der Waals surface area contributed by atoms with Gasteiger partial charge in [0.05, 0.1) is 30.2 Å². The molecule has 0 unspecified atom stereocenters. The van der Waals surface area contributed by atoms with Crippen molar-refractivity contribution >= 4 is 29.3 Å². The highest BCUT2D eigenvalue weighted by Crippen LogP contribution is 2.27. The van der Waals surface area contributed by atoms with Crippen LogP contribution in [0.4, 0.5) is 11.8 Å². The van der Waals surface area contributed by atoms with Crippen molar-refractivity contribution in [3.8, 4) is 11.6 Å². The predicted octanol–water partition coefficient (Wildman–Crippen LogP) is 4.06. The molecule has 1 aliphatic rings. The maximum atomic E-state index is 13.0. The molecule has 10 heteroatoms. The molecule has 0 bridgehead atoms. The van der Waals surface area contributed by atoms with E-state index in [1.807, 2.05) is 13.0 Å². The molecular weight excluding hydrogens is 444 g/mol. The summed E-state index contributed by atoms with van der Waals surface area (Å²) < 4.78 is 11.2. The van der Waals surface area contributed by atoms with E-state index in [0.717, 1.165) is 37.2 Å². The molecule has 3 aromatic rings. The van der Waals surface area contributed by atoms with Crippen LogP contribution >= 0.6 is 11.6 Å². The molecule has 1 N–H and O–H groups in total. The quantitative estimate of drug-likeness (QED) is 0.553. The van der Waals surface area contributed by atoms with Gasteiger partial charge in [-0.25, -0.2) is 9.97 Å². The highest BCUT2D eigenvalue weighted by Gasteiger charge is 2.21. The minimum absolute atomic E-state index is 0.171. The zero-order chi connectivity index (χ0) is 23.2. The summed E-state index contributed by atoms with van der Waals surface area (Å²) in [6.45, 7) is 3.74. The first kappa shape index (κ1) is 22.7. The van der Waals surface area contributed by atoms with Gasteiger partial charge < -0.3 is 19.7 Å². The molecule has 3 heterocycles. The van der Waals surface area contributed by atoms with Crippen LogP contribution in [0.2, 0.25) is 5.02 Å². The van der Waals surface area contributed by atoms with Crippen molar-refractivity contribution in [2.75, 3.05) is 30.4 Å². The van der Waals surface area contributed by atoms with Gasteiger partial charge in [0.25, 0.3) is 5.91 Å². The molecule has 172 valence electrons. The van der Waals surface area contributed by atoms with Gasteiger partial charge in [-0.2, -0.15) is 4.98 Å². The fourth-order valence-electron chi connectivity index (χ4n) is 3.46. The number of hydrogen-bond donors (Lipinski definition) is 1. The summed E-state index contributed by atoms with van der Waals surface area (Å²) >= 11 is 6.23. The van der Waals surface area contributed by atoms with E-state index in [1.54, 1.807) is 25.4 Å². The normalized spacial score (nSPS) is 13.5. The molecule has 1 aliphatic heterocycles. The minimum Gasteiger partial charge on any atom is -0.495 e. The monoisotopic (exact) mass is 468 g/mol. The van der Waals surface area contributed by atoms with Gasteiger partial charge in [-0.1, -0.05) is 17.7 Å². The van der Waals surface area contributed by atoms with E-state index in [9.17, 15) is 4.79 Å². The Morgan fingerprint density at radius 2 is 1.94 bits per heavy atom. The summed E-state index contributed by atoms with van der Waals surface area (Å²) in [5, 5.41) is 3.20. The van der Waals surface area contributed by atoms with Crippen LogP contribution in [-0.2, 0) is 6.61 Å². The van der Waals surface area contributed by atoms with Gasteiger partial charge in [0.1, 0.15) is 17.9 Å². The molecule has 1 amide bonds. The molecule has 0 radical (unpaired) electrons. The lowest BCUT2D eigenvalue weighted by Gasteiger charge is -2.27. The number of piperidine rings is 1. The van der Waals surface area contributed by atoms with Crippen LogP contribution in [0.5, 0.6) is 11.6 Å². The molecule has 0 atom stereocenters. The summed E-state index contributed by atoms with van der Waals surface area (Å²) in [7, 11) is 1.56. The Morgan fingerprint density at radius 1 is 1.12 bits per heavy atom. The van der Waals surface area contributed by atoms with Crippen LogP contribution in [-0.4, -0.2) is 46.0 Å². The number of benzene rings is 1. The third-order valence-electron chi connectivity index (χ3n) is 5.24. The van der Waals surface area contributed by atoms with E-state index >= 15 is 0 Å². The first-order chi connectivity index (χ1) is 16.0. The Bertz CT molecular complexity index is 1120. The van der Waals surface area contributed by atoms with Crippen molar-refractivity contribution < 1.29 is 14.3 Å². The average molecular weight is 469 g/mol. The zero-order valence-corrected chi connectivity index (χ0v) is 19.3. The third-order valence-corrected chi connectivity index (χ3v) is 5.53. The molecule has 1 fully saturated rings. The van der Waals surface area contributed by atoms with Crippen molar-refractivity contribution in [2.24, 2.45) is 0 Å². The van der Waals surface area contributed by atoms with E-state index in [-0.39, 0.29) is 18.1 Å². The van der Waals surface area contributed by atoms with Gasteiger partial charge in [-0.05, 0) is 43.9 Å². The molecule has 1 aromatic carbocycles. The number of carbonyl (C=O) groups is 1. The standard InChI is InChI=1S/C23H25ClN6O3/c1-15-11-26-20(13-25-15)28-21(31)17-12-27-23(30-8-4-3-5-9-30)29-22(17)33-14-16-6-7-19(32-2)18(24)10-16/h6-7,10-13H,3-5,8-9,14H2,1-2H3,(H,26,28,31). The number of aromatic nitrogens is 4. The SMILES string of the molecule is COc1ccc(COc2nc(N3CCCCC3)ncc2C(=O)Nc2cnc(C)cn2)cc1Cl. The Balaban J connectivity index is 1.58. The summed E-state index contributed by atoms with van der Waals surface area (Å²) in [6, 6.07) is 5.37. The van der Waals surface area contributed by atoms with Gasteiger partial charge in [0.15, 0.2) is 5.82 Å². The number of halogens is 1. The predicted molar refractivity (Wildman–Crippen MR) is 125 cm³/mol. The Hall–Kier alpha value is -3.46.